The first-order valence-electron chi connectivity index (χ1n) is 3.90. The van der Waals surface area contributed by atoms with Gasteiger partial charge in [-0.25, -0.2) is 4.98 Å². The fourth-order valence-corrected chi connectivity index (χ4v) is 0.826. The predicted octanol–water partition coefficient (Wildman–Crippen LogP) is 1.90. The smallest absolute Gasteiger partial charge is 0.388 e. The molecule has 0 spiro atoms. The summed E-state index contributed by atoms with van der Waals surface area (Å²) in [6.45, 7) is -2.92. The Morgan fingerprint density at radius 1 is 1.56 bits per heavy atom. The van der Waals surface area contributed by atoms with Gasteiger partial charge < -0.3 is 20.4 Å². The van der Waals surface area contributed by atoms with Crippen molar-refractivity contribution in [2.24, 2.45) is 5.10 Å². The van der Waals surface area contributed by atoms with Crippen molar-refractivity contribution < 1.29 is 51.3 Å². The van der Waals surface area contributed by atoms with Crippen LogP contribution in [0, 0.1) is 0 Å². The Balaban J connectivity index is 0.00000225. The van der Waals surface area contributed by atoms with Gasteiger partial charge in [-0.2, -0.15) is 8.78 Å². The normalized spacial score (nSPS) is 10.9. The van der Waals surface area contributed by atoms with Gasteiger partial charge in [0.2, 0.25) is 5.88 Å². The number of aliphatic hydroxyl groups is 1. The molecule has 1 rings (SSSR count). The molecule has 1 aromatic heterocycles. The van der Waals surface area contributed by atoms with Crippen LogP contribution in [0.1, 0.15) is 5.56 Å². The summed E-state index contributed by atoms with van der Waals surface area (Å²) >= 11 is 0. The Bertz CT molecular complexity index is 346. The van der Waals surface area contributed by atoms with E-state index in [-0.39, 0.29) is 50.1 Å². The van der Waals surface area contributed by atoms with Gasteiger partial charge in [0, 0.05) is 45.0 Å². The van der Waals surface area contributed by atoms with Gasteiger partial charge in [-0.1, -0.05) is 0 Å². The van der Waals surface area contributed by atoms with Crippen molar-refractivity contribution in [1.29, 1.82) is 0 Å². The summed E-state index contributed by atoms with van der Waals surface area (Å²) < 4.78 is 27.5. The van der Waals surface area contributed by atoms with E-state index in [9.17, 15) is 13.9 Å². The SMILES string of the molecule is C[N-]/N=C(\O)c1ccc(OC(F)F)nc1.[Y]. The number of ether oxygens (including phenoxy) is 1. The molecule has 0 unspecified atom stereocenters. The van der Waals surface area contributed by atoms with E-state index < -0.39 is 6.61 Å². The summed E-state index contributed by atoms with van der Waals surface area (Å²) in [5.41, 5.74) is 3.61. The first kappa shape index (κ1) is 15.2. The number of hydrogen-bond acceptors (Lipinski definition) is 3. The first-order chi connectivity index (χ1) is 7.13. The van der Waals surface area contributed by atoms with Crippen LogP contribution in [0.15, 0.2) is 23.4 Å². The molecule has 0 aliphatic heterocycles. The number of aliphatic hydroxyl groups excluding tert-OH is 1. The van der Waals surface area contributed by atoms with Gasteiger partial charge in [-0.05, 0) is 6.07 Å². The molecule has 8 heteroatoms. The molecule has 0 atom stereocenters. The molecule has 0 fully saturated rings. The van der Waals surface area contributed by atoms with E-state index in [1.165, 1.54) is 19.2 Å². The number of aromatic nitrogens is 1. The molecule has 0 saturated carbocycles. The molecule has 5 nitrogen and oxygen atoms in total. The zero-order chi connectivity index (χ0) is 11.3. The fraction of sp³-hybridized carbons (Fsp3) is 0.250. The number of halogens is 2. The first-order valence-corrected chi connectivity index (χ1v) is 3.90. The van der Waals surface area contributed by atoms with Gasteiger partial charge >= 0.3 is 6.61 Å². The van der Waals surface area contributed by atoms with E-state index in [1.54, 1.807) is 0 Å². The van der Waals surface area contributed by atoms with Gasteiger partial charge in [0.15, 0.2) is 5.90 Å². The fourth-order valence-electron chi connectivity index (χ4n) is 0.826. The van der Waals surface area contributed by atoms with E-state index in [0.29, 0.717) is 0 Å². The molecule has 16 heavy (non-hydrogen) atoms. The van der Waals surface area contributed by atoms with E-state index in [4.69, 9.17) is 0 Å². The third-order valence-corrected chi connectivity index (χ3v) is 1.40. The molecule has 0 saturated heterocycles. The van der Waals surface area contributed by atoms with Crippen LogP contribution >= 0.6 is 0 Å². The minimum Gasteiger partial charge on any atom is -0.602 e. The van der Waals surface area contributed by atoms with Gasteiger partial charge in [-0.15, -0.1) is 7.05 Å². The Hall–Kier alpha value is -0.816. The van der Waals surface area contributed by atoms with Crippen molar-refractivity contribution in [1.82, 2.24) is 4.98 Å². The van der Waals surface area contributed by atoms with Crippen LogP contribution in [-0.2, 0) is 32.7 Å². The van der Waals surface area contributed by atoms with Crippen molar-refractivity contribution in [3.63, 3.8) is 0 Å². The molecule has 0 amide bonds. The largest absolute Gasteiger partial charge is 0.602 e. The van der Waals surface area contributed by atoms with Crippen LogP contribution in [0.2, 0.25) is 0 Å². The average Bonchev–Trinajstić information content (AvgIpc) is 2.18. The number of rotatable bonds is 4. The van der Waals surface area contributed by atoms with Crippen molar-refractivity contribution in [2.45, 2.75) is 6.61 Å². The maximum atomic E-state index is 11.8. The van der Waals surface area contributed by atoms with Crippen molar-refractivity contribution in [3.8, 4) is 5.88 Å². The quantitative estimate of drug-likeness (QED) is 0.525. The summed E-state index contributed by atoms with van der Waals surface area (Å²) in [6.07, 6.45) is 1.15. The topological polar surface area (TPSA) is 68.8 Å². The third-order valence-electron chi connectivity index (χ3n) is 1.40. The van der Waals surface area contributed by atoms with Crippen LogP contribution < -0.4 is 4.74 Å². The van der Waals surface area contributed by atoms with Gasteiger partial charge in [0.05, 0.1) is 5.56 Å². The summed E-state index contributed by atoms with van der Waals surface area (Å²) in [5.74, 6) is -0.566. The Kier molecular flexibility index (Phi) is 7.08. The molecule has 1 aromatic rings. The second-order valence-electron chi connectivity index (χ2n) is 2.39. The Morgan fingerprint density at radius 2 is 2.25 bits per heavy atom. The molecule has 0 aliphatic rings. The second kappa shape index (κ2) is 7.46. The third kappa shape index (κ3) is 4.80. The van der Waals surface area contributed by atoms with Crippen molar-refractivity contribution >= 4 is 5.90 Å². The molecule has 0 aromatic carbocycles. The molecule has 1 N–H and O–H groups in total. The molecule has 0 bridgehead atoms. The molecular weight excluding hydrogens is 297 g/mol. The number of alkyl halides is 2. The van der Waals surface area contributed by atoms with Crippen LogP contribution in [0.5, 0.6) is 5.88 Å². The Morgan fingerprint density at radius 3 is 2.69 bits per heavy atom. The van der Waals surface area contributed by atoms with E-state index in [1.807, 2.05) is 0 Å². The van der Waals surface area contributed by atoms with Crippen molar-refractivity contribution in [3.05, 3.63) is 29.3 Å². The van der Waals surface area contributed by atoms with E-state index >= 15 is 0 Å². The van der Waals surface area contributed by atoms with Crippen molar-refractivity contribution in [2.75, 3.05) is 7.05 Å². The monoisotopic (exact) mass is 305 g/mol. The zero-order valence-electron chi connectivity index (χ0n) is 8.34. The maximum absolute atomic E-state index is 11.8. The van der Waals surface area contributed by atoms with Gasteiger partial charge in [0.1, 0.15) is 0 Å². The average molecular weight is 305 g/mol. The van der Waals surface area contributed by atoms with E-state index in [2.05, 4.69) is 20.2 Å². The summed E-state index contributed by atoms with van der Waals surface area (Å²) in [7, 11) is 1.39. The summed E-state index contributed by atoms with van der Waals surface area (Å²) in [6, 6.07) is 2.54. The minimum absolute atomic E-state index is 0. The van der Waals surface area contributed by atoms with Crippen LogP contribution in [-0.4, -0.2) is 29.6 Å². The summed E-state index contributed by atoms with van der Waals surface area (Å²) in [4.78, 5) is 3.54. The number of pyridine rings is 1. The molecule has 1 radical (unpaired) electrons. The van der Waals surface area contributed by atoms with E-state index in [0.717, 1.165) is 6.20 Å². The van der Waals surface area contributed by atoms with Crippen LogP contribution in [0.25, 0.3) is 5.43 Å². The standard InChI is InChI=1S/C8H8F2N3O2.Y/c1-11-13-7(14)5-2-3-6(12-4-5)15-8(9)10;/h2-4,8H,1H3,(H,13,14);/q-1;. The number of hydrogen-bond donors (Lipinski definition) is 1. The predicted molar refractivity (Wildman–Crippen MR) is 49.3 cm³/mol. The molecule has 1 heterocycles. The Labute approximate surface area is 116 Å². The molecule has 85 valence electrons. The zero-order valence-corrected chi connectivity index (χ0v) is 11.2. The second-order valence-corrected chi connectivity index (χ2v) is 2.39. The van der Waals surface area contributed by atoms with Gasteiger partial charge in [-0.3, -0.25) is 0 Å². The van der Waals surface area contributed by atoms with Crippen LogP contribution in [0.4, 0.5) is 8.78 Å². The summed E-state index contributed by atoms with van der Waals surface area (Å²) in [5, 5.41) is 12.6. The van der Waals surface area contributed by atoms with Gasteiger partial charge in [0.25, 0.3) is 0 Å². The molecular formula is C8H8F2N3O2Y-. The van der Waals surface area contributed by atoms with Crippen LogP contribution in [0.3, 0.4) is 0 Å². The molecule has 0 aliphatic carbocycles. The minimum atomic E-state index is -2.92. The number of nitrogens with zero attached hydrogens (tertiary/aromatic N) is 3. The maximum Gasteiger partial charge on any atom is 0.388 e.